The van der Waals surface area contributed by atoms with Crippen molar-refractivity contribution in [1.82, 2.24) is 0 Å². The number of nitrogens with two attached hydrogens (primary N) is 1. The van der Waals surface area contributed by atoms with Crippen LogP contribution in [-0.4, -0.2) is 16.2 Å². The van der Waals surface area contributed by atoms with Crippen molar-refractivity contribution in [3.63, 3.8) is 0 Å². The number of hydrogen-bond donors (Lipinski definition) is 3. The number of aromatic hydroxyl groups is 1. The molecule has 0 aliphatic heterocycles. The van der Waals surface area contributed by atoms with Crippen molar-refractivity contribution >= 4 is 29.2 Å². The van der Waals surface area contributed by atoms with Crippen LogP contribution in [0.1, 0.15) is 11.6 Å². The van der Waals surface area contributed by atoms with Crippen molar-refractivity contribution in [2.24, 2.45) is 5.73 Å². The molecule has 0 heterocycles. The molecule has 0 amide bonds. The van der Waals surface area contributed by atoms with Gasteiger partial charge < -0.3 is 15.9 Å². The van der Waals surface area contributed by atoms with Crippen molar-refractivity contribution in [2.45, 2.75) is 6.04 Å². The summed E-state index contributed by atoms with van der Waals surface area (Å²) in [6.45, 7) is 0. The molecule has 4 N–H and O–H groups in total. The monoisotopic (exact) mass is 235 g/mol. The summed E-state index contributed by atoms with van der Waals surface area (Å²) in [6, 6.07) is 1.12. The highest BCUT2D eigenvalue weighted by atomic mass is 35.5. The molecule has 0 fully saturated rings. The Hall–Kier alpha value is -0.970. The molecule has 4 nitrogen and oxygen atoms in total. The second kappa shape index (κ2) is 4.04. The van der Waals surface area contributed by atoms with Crippen LogP contribution in [0.15, 0.2) is 12.1 Å². The fraction of sp³-hybridized carbons (Fsp3) is 0.125. The number of carboxylic acid groups (broad SMARTS) is 1. The number of rotatable bonds is 2. The van der Waals surface area contributed by atoms with Gasteiger partial charge in [-0.05, 0) is 12.1 Å². The zero-order chi connectivity index (χ0) is 10.9. The van der Waals surface area contributed by atoms with Crippen LogP contribution in [0.3, 0.4) is 0 Å². The standard InChI is InChI=1S/C8H7Cl2NO3/c9-4-2-5(10)6(12)1-3(4)7(11)8(13)14/h1-2,7,12H,11H2,(H,13,14)/t7-/m1/s1. The highest BCUT2D eigenvalue weighted by Crippen LogP contribution is 2.32. The van der Waals surface area contributed by atoms with Gasteiger partial charge in [0, 0.05) is 10.6 Å². The van der Waals surface area contributed by atoms with Gasteiger partial charge >= 0.3 is 5.97 Å². The predicted octanol–water partition coefficient (Wildman–Crippen LogP) is 1.78. The maximum Gasteiger partial charge on any atom is 0.325 e. The first-order chi connectivity index (χ1) is 6.43. The molecular formula is C8H7Cl2NO3. The lowest BCUT2D eigenvalue weighted by atomic mass is 10.1. The Morgan fingerprint density at radius 1 is 1.36 bits per heavy atom. The molecule has 0 spiro atoms. The summed E-state index contributed by atoms with van der Waals surface area (Å²) in [5.74, 6) is -1.48. The van der Waals surface area contributed by atoms with E-state index < -0.39 is 12.0 Å². The third kappa shape index (κ3) is 2.09. The van der Waals surface area contributed by atoms with Crippen LogP contribution >= 0.6 is 23.2 Å². The van der Waals surface area contributed by atoms with Crippen LogP contribution in [0, 0.1) is 0 Å². The Morgan fingerprint density at radius 2 is 1.93 bits per heavy atom. The van der Waals surface area contributed by atoms with Crippen LogP contribution in [0.25, 0.3) is 0 Å². The highest BCUT2D eigenvalue weighted by molar-refractivity contribution is 6.36. The molecular weight excluding hydrogens is 229 g/mol. The van der Waals surface area contributed by atoms with Gasteiger partial charge in [-0.15, -0.1) is 0 Å². The number of benzene rings is 1. The number of phenols is 1. The van der Waals surface area contributed by atoms with Gasteiger partial charge in [0.25, 0.3) is 0 Å². The molecule has 0 aromatic heterocycles. The van der Waals surface area contributed by atoms with Crippen LogP contribution in [0.2, 0.25) is 10.0 Å². The lowest BCUT2D eigenvalue weighted by Gasteiger charge is -2.10. The van der Waals surface area contributed by atoms with Crippen molar-refractivity contribution in [3.05, 3.63) is 27.7 Å². The summed E-state index contributed by atoms with van der Waals surface area (Å²) in [5.41, 5.74) is 5.45. The zero-order valence-electron chi connectivity index (χ0n) is 6.87. The van der Waals surface area contributed by atoms with Crippen LogP contribution in [0.5, 0.6) is 5.75 Å². The van der Waals surface area contributed by atoms with Gasteiger partial charge in [-0.3, -0.25) is 4.79 Å². The van der Waals surface area contributed by atoms with Gasteiger partial charge in [0.05, 0.1) is 5.02 Å². The molecule has 76 valence electrons. The molecule has 0 aliphatic carbocycles. The molecule has 14 heavy (non-hydrogen) atoms. The summed E-state index contributed by atoms with van der Waals surface area (Å²) >= 11 is 11.2. The summed E-state index contributed by atoms with van der Waals surface area (Å²) in [5, 5.41) is 18.0. The molecule has 1 aromatic carbocycles. The Kier molecular flexibility index (Phi) is 3.21. The topological polar surface area (TPSA) is 83.6 Å². The van der Waals surface area contributed by atoms with E-state index in [2.05, 4.69) is 0 Å². The number of carbonyl (C=O) groups is 1. The molecule has 0 unspecified atom stereocenters. The minimum Gasteiger partial charge on any atom is -0.506 e. The molecule has 0 saturated heterocycles. The zero-order valence-corrected chi connectivity index (χ0v) is 8.38. The first kappa shape index (κ1) is 11.1. The second-order valence-electron chi connectivity index (χ2n) is 2.64. The SMILES string of the molecule is N[C@@H](C(=O)O)c1cc(O)c(Cl)cc1Cl. The minimum atomic E-state index is -1.27. The van der Waals surface area contributed by atoms with Crippen molar-refractivity contribution in [3.8, 4) is 5.75 Å². The Labute approximate surface area is 89.9 Å². The quantitative estimate of drug-likeness (QED) is 0.730. The summed E-state index contributed by atoms with van der Waals surface area (Å²) in [4.78, 5) is 10.5. The number of carboxylic acids is 1. The molecule has 1 atom stereocenters. The van der Waals surface area contributed by atoms with Crippen LogP contribution < -0.4 is 5.73 Å². The third-order valence-corrected chi connectivity index (χ3v) is 2.30. The van der Waals surface area contributed by atoms with E-state index in [9.17, 15) is 9.90 Å². The second-order valence-corrected chi connectivity index (χ2v) is 3.46. The van der Waals surface area contributed by atoms with Crippen molar-refractivity contribution < 1.29 is 15.0 Å². The molecule has 1 rings (SSSR count). The smallest absolute Gasteiger partial charge is 0.325 e. The third-order valence-electron chi connectivity index (χ3n) is 1.67. The Bertz CT molecular complexity index is 381. The lowest BCUT2D eigenvalue weighted by Crippen LogP contribution is -2.20. The number of phenolic OH excluding ortho intramolecular Hbond substituents is 1. The number of aliphatic carboxylic acids is 1. The first-order valence-corrected chi connectivity index (χ1v) is 4.35. The highest BCUT2D eigenvalue weighted by Gasteiger charge is 2.19. The Morgan fingerprint density at radius 3 is 2.43 bits per heavy atom. The van der Waals surface area contributed by atoms with E-state index in [0.29, 0.717) is 0 Å². The fourth-order valence-electron chi connectivity index (χ4n) is 0.925. The summed E-state index contributed by atoms with van der Waals surface area (Å²) in [7, 11) is 0. The van der Waals surface area contributed by atoms with E-state index in [1.807, 2.05) is 0 Å². The fourth-order valence-corrected chi connectivity index (χ4v) is 1.43. The maximum atomic E-state index is 10.5. The average Bonchev–Trinajstić information content (AvgIpc) is 2.10. The lowest BCUT2D eigenvalue weighted by molar-refractivity contribution is -0.138. The first-order valence-electron chi connectivity index (χ1n) is 3.59. The molecule has 0 aliphatic rings. The molecule has 0 bridgehead atoms. The average molecular weight is 236 g/mol. The Balaban J connectivity index is 3.22. The van der Waals surface area contributed by atoms with Gasteiger partial charge in [-0.2, -0.15) is 0 Å². The van der Waals surface area contributed by atoms with Gasteiger partial charge in [-0.25, -0.2) is 0 Å². The molecule has 0 saturated carbocycles. The van der Waals surface area contributed by atoms with Crippen LogP contribution in [0.4, 0.5) is 0 Å². The number of hydrogen-bond acceptors (Lipinski definition) is 3. The van der Waals surface area contributed by atoms with Crippen molar-refractivity contribution in [1.29, 1.82) is 0 Å². The molecule has 6 heteroatoms. The van der Waals surface area contributed by atoms with Gasteiger partial charge in [0.15, 0.2) is 0 Å². The van der Waals surface area contributed by atoms with E-state index >= 15 is 0 Å². The van der Waals surface area contributed by atoms with Gasteiger partial charge in [0.1, 0.15) is 11.8 Å². The van der Waals surface area contributed by atoms with E-state index in [0.717, 1.165) is 6.07 Å². The van der Waals surface area contributed by atoms with Crippen LogP contribution in [-0.2, 0) is 4.79 Å². The number of halogens is 2. The maximum absolute atomic E-state index is 10.5. The summed E-state index contributed by atoms with van der Waals surface area (Å²) in [6.07, 6.45) is 0. The van der Waals surface area contributed by atoms with Gasteiger partial charge in [-0.1, -0.05) is 23.2 Å². The molecule has 0 radical (unpaired) electrons. The van der Waals surface area contributed by atoms with E-state index in [4.69, 9.17) is 34.0 Å². The normalized spacial score (nSPS) is 12.5. The largest absolute Gasteiger partial charge is 0.506 e. The van der Waals surface area contributed by atoms with Gasteiger partial charge in [0.2, 0.25) is 0 Å². The predicted molar refractivity (Wildman–Crippen MR) is 52.7 cm³/mol. The minimum absolute atomic E-state index is 0.0522. The molecule has 1 aromatic rings. The summed E-state index contributed by atoms with van der Waals surface area (Å²) < 4.78 is 0. The van der Waals surface area contributed by atoms with E-state index in [-0.39, 0.29) is 21.4 Å². The van der Waals surface area contributed by atoms with E-state index in [1.54, 1.807) is 0 Å². The van der Waals surface area contributed by atoms with E-state index in [1.165, 1.54) is 6.07 Å². The van der Waals surface area contributed by atoms with Crippen molar-refractivity contribution in [2.75, 3.05) is 0 Å².